The number of fused-ring (bicyclic) bond motifs is 1. The number of aliphatic hydroxyl groups excluding tert-OH is 7. The SMILES string of the molecule is O=C(C=Cc1ccc(O)c(O)c1)OC[C@H]1O[C@@H](Oc2cc(=O)cc3oc(-c4ccc(O)cc4)c(O[C@@H]4O[C@H](CO)[C@@H](O)[C@H](O)[C@H]4O)cc2-3)[C@H](O)[C@@H](O)[C@@H]1O. The molecule has 0 amide bonds. The van der Waals surface area contributed by atoms with Gasteiger partial charge in [-0.3, -0.25) is 4.79 Å². The topological polar surface area (TPSA) is 296 Å². The van der Waals surface area contributed by atoms with Crippen LogP contribution in [0.3, 0.4) is 0 Å². The number of rotatable bonds is 10. The minimum Gasteiger partial charge on any atom is -0.508 e. The third-order valence-corrected chi connectivity index (χ3v) is 8.72. The molecule has 18 heteroatoms. The molecule has 0 aromatic heterocycles. The van der Waals surface area contributed by atoms with E-state index < -0.39 is 91.8 Å². The van der Waals surface area contributed by atoms with Gasteiger partial charge in [0.05, 0.1) is 12.2 Å². The summed E-state index contributed by atoms with van der Waals surface area (Å²) in [7, 11) is 0. The lowest BCUT2D eigenvalue weighted by molar-refractivity contribution is -0.278. The van der Waals surface area contributed by atoms with Gasteiger partial charge in [-0.1, -0.05) is 6.07 Å². The second-order valence-electron chi connectivity index (χ2n) is 12.5. The minimum absolute atomic E-state index is 0.00140. The summed E-state index contributed by atoms with van der Waals surface area (Å²) in [6, 6.07) is 12.7. The zero-order valence-corrected chi connectivity index (χ0v) is 27.9. The summed E-state index contributed by atoms with van der Waals surface area (Å²) in [6.07, 6.45) is -14.8. The van der Waals surface area contributed by atoms with E-state index in [-0.39, 0.29) is 40.1 Å². The van der Waals surface area contributed by atoms with Gasteiger partial charge in [0.15, 0.2) is 28.4 Å². The normalized spacial score (nSPS) is 28.6. The Balaban J connectivity index is 1.28. The van der Waals surface area contributed by atoms with Crippen LogP contribution in [0.1, 0.15) is 5.56 Å². The van der Waals surface area contributed by atoms with Gasteiger partial charge < -0.3 is 79.2 Å². The smallest absolute Gasteiger partial charge is 0.330 e. The van der Waals surface area contributed by atoms with E-state index in [1.54, 1.807) is 0 Å². The number of carbonyl (C=O) groups is 1. The van der Waals surface area contributed by atoms with Crippen LogP contribution in [0.25, 0.3) is 28.7 Å². The fraction of sp³-hybridized carbons (Fsp3) is 0.333. The Bertz CT molecular complexity index is 1990. The van der Waals surface area contributed by atoms with Crippen LogP contribution < -0.4 is 14.9 Å². The molecule has 0 unspecified atom stereocenters. The summed E-state index contributed by atoms with van der Waals surface area (Å²) in [5, 5.41) is 102. The molecular weight excluding hydrogens is 720 g/mol. The molecule has 54 heavy (non-hydrogen) atoms. The zero-order chi connectivity index (χ0) is 38.8. The van der Waals surface area contributed by atoms with Crippen molar-refractivity contribution in [1.29, 1.82) is 0 Å². The maximum Gasteiger partial charge on any atom is 0.330 e. The quantitative estimate of drug-likeness (QED) is 0.0535. The molecule has 3 heterocycles. The van der Waals surface area contributed by atoms with Gasteiger partial charge in [0, 0.05) is 23.8 Å². The summed E-state index contributed by atoms with van der Waals surface area (Å²) in [5.74, 6) is -2.44. The first kappa shape index (κ1) is 38.4. The Morgan fingerprint density at radius 3 is 1.98 bits per heavy atom. The summed E-state index contributed by atoms with van der Waals surface area (Å²) in [6.45, 7) is -1.38. The van der Waals surface area contributed by atoms with Gasteiger partial charge >= 0.3 is 5.97 Å². The highest BCUT2D eigenvalue weighted by molar-refractivity contribution is 5.87. The maximum atomic E-state index is 12.8. The molecular formula is C36H36O18. The van der Waals surface area contributed by atoms with E-state index in [4.69, 9.17) is 28.1 Å². The highest BCUT2D eigenvalue weighted by Crippen LogP contribution is 2.43. The van der Waals surface area contributed by atoms with Crippen LogP contribution >= 0.6 is 0 Å². The van der Waals surface area contributed by atoms with Gasteiger partial charge in [-0.2, -0.15) is 0 Å². The summed E-state index contributed by atoms with van der Waals surface area (Å²) in [5.41, 5.74) is -0.00326. The summed E-state index contributed by atoms with van der Waals surface area (Å²) in [4.78, 5) is 25.2. The van der Waals surface area contributed by atoms with E-state index >= 15 is 0 Å². The summed E-state index contributed by atoms with van der Waals surface area (Å²) >= 11 is 0. The molecule has 10 N–H and O–H groups in total. The van der Waals surface area contributed by atoms with E-state index in [1.165, 1.54) is 54.6 Å². The first-order valence-electron chi connectivity index (χ1n) is 16.4. The predicted molar refractivity (Wildman–Crippen MR) is 180 cm³/mol. The molecule has 18 nitrogen and oxygen atoms in total. The molecule has 0 radical (unpaired) electrons. The molecule has 0 bridgehead atoms. The van der Waals surface area contributed by atoms with E-state index in [0.717, 1.165) is 18.2 Å². The molecule has 2 aromatic rings. The van der Waals surface area contributed by atoms with E-state index in [2.05, 4.69) is 0 Å². The van der Waals surface area contributed by atoms with Gasteiger partial charge in [-0.15, -0.1) is 0 Å². The Labute approximate surface area is 304 Å². The molecule has 2 saturated heterocycles. The molecule has 10 atom stereocenters. The molecule has 0 spiro atoms. The molecule has 3 aliphatic heterocycles. The van der Waals surface area contributed by atoms with E-state index in [1.807, 2.05) is 0 Å². The Kier molecular flexibility index (Phi) is 11.4. The number of hydrogen-bond acceptors (Lipinski definition) is 18. The molecule has 288 valence electrons. The number of phenols is 3. The fourth-order valence-corrected chi connectivity index (χ4v) is 5.75. The van der Waals surface area contributed by atoms with Crippen molar-refractivity contribution in [3.05, 3.63) is 82.5 Å². The number of esters is 1. The van der Waals surface area contributed by atoms with Crippen LogP contribution in [0.4, 0.5) is 0 Å². The standard InChI is InChI=1S/C36H36O18/c37-13-25-28(43)30(45)32(47)36(53-25)52-24-12-19-22(50-34(24)16-3-5-17(38)6-4-16)10-18(39)11-23(19)51-35-33(48)31(46)29(44)26(54-35)14-49-27(42)8-2-15-1-7-20(40)21(41)9-15/h1-12,25-26,28-33,35-38,40-41,43-48H,13-14H2/t25-,26-,28-,29-,30+,31+,32-,33-,35-,36-/m1/s1. The van der Waals surface area contributed by atoms with Gasteiger partial charge in [0.1, 0.15) is 72.7 Å². The van der Waals surface area contributed by atoms with Crippen molar-refractivity contribution in [2.45, 2.75) is 61.4 Å². The van der Waals surface area contributed by atoms with Gasteiger partial charge in [-0.25, -0.2) is 4.79 Å². The van der Waals surface area contributed by atoms with Crippen molar-refractivity contribution in [3.63, 3.8) is 0 Å². The molecule has 2 fully saturated rings. The van der Waals surface area contributed by atoms with Crippen molar-refractivity contribution >= 4 is 12.0 Å². The van der Waals surface area contributed by atoms with Gasteiger partial charge in [0.2, 0.25) is 12.6 Å². The lowest BCUT2D eigenvalue weighted by atomic mass is 9.99. The average molecular weight is 757 g/mol. The van der Waals surface area contributed by atoms with Crippen molar-refractivity contribution < 1.29 is 84.0 Å². The number of aromatic hydroxyl groups is 3. The van der Waals surface area contributed by atoms with Gasteiger partial charge in [-0.05, 0) is 54.1 Å². The first-order valence-corrected chi connectivity index (χ1v) is 16.4. The zero-order valence-electron chi connectivity index (χ0n) is 27.9. The average Bonchev–Trinajstić information content (AvgIpc) is 3.15. The van der Waals surface area contributed by atoms with Crippen LogP contribution in [-0.2, 0) is 19.0 Å². The van der Waals surface area contributed by atoms with Gasteiger partial charge in [0.25, 0.3) is 0 Å². The second-order valence-corrected chi connectivity index (χ2v) is 12.5. The number of benzene rings is 3. The number of hydrogen-bond donors (Lipinski definition) is 10. The van der Waals surface area contributed by atoms with E-state index in [0.29, 0.717) is 11.1 Å². The van der Waals surface area contributed by atoms with Crippen molar-refractivity contribution in [2.75, 3.05) is 13.2 Å². The lowest BCUT2D eigenvalue weighted by Gasteiger charge is -2.40. The Morgan fingerprint density at radius 1 is 0.704 bits per heavy atom. The molecule has 0 saturated carbocycles. The highest BCUT2D eigenvalue weighted by atomic mass is 16.7. The molecule has 1 aliphatic carbocycles. The first-order chi connectivity index (χ1) is 25.7. The van der Waals surface area contributed by atoms with Crippen LogP contribution in [-0.4, -0.2) is 132 Å². The minimum atomic E-state index is -1.91. The Morgan fingerprint density at radius 2 is 1.33 bits per heavy atom. The lowest BCUT2D eigenvalue weighted by Crippen LogP contribution is -2.60. The number of ether oxygens (including phenoxy) is 5. The number of phenolic OH excluding ortho intramolecular Hbond substituents is 3. The number of carbonyl (C=O) groups excluding carboxylic acids is 1. The second kappa shape index (κ2) is 16.0. The van der Waals surface area contributed by atoms with Crippen molar-refractivity contribution in [1.82, 2.24) is 0 Å². The summed E-state index contributed by atoms with van der Waals surface area (Å²) < 4.78 is 34.2. The molecule has 4 aliphatic rings. The van der Waals surface area contributed by atoms with Crippen molar-refractivity contribution in [3.8, 4) is 51.4 Å². The van der Waals surface area contributed by atoms with Crippen LogP contribution in [0, 0.1) is 0 Å². The van der Waals surface area contributed by atoms with E-state index in [9.17, 15) is 60.7 Å². The van der Waals surface area contributed by atoms with Crippen LogP contribution in [0.15, 0.2) is 76.0 Å². The highest BCUT2D eigenvalue weighted by Gasteiger charge is 2.47. The molecule has 2 aromatic carbocycles. The maximum absolute atomic E-state index is 12.8. The fourth-order valence-electron chi connectivity index (χ4n) is 5.75. The number of aliphatic hydroxyl groups is 7. The third kappa shape index (κ3) is 8.11. The van der Waals surface area contributed by atoms with Crippen LogP contribution in [0.5, 0.6) is 28.7 Å². The largest absolute Gasteiger partial charge is 0.508 e. The monoisotopic (exact) mass is 756 g/mol. The Hall–Kier alpha value is -5.28. The third-order valence-electron chi connectivity index (χ3n) is 8.72. The van der Waals surface area contributed by atoms with Crippen molar-refractivity contribution in [2.24, 2.45) is 0 Å². The predicted octanol–water partition coefficient (Wildman–Crippen LogP) is -0.850. The van der Waals surface area contributed by atoms with Crippen LogP contribution in [0.2, 0.25) is 0 Å². The molecule has 6 rings (SSSR count).